The van der Waals surface area contributed by atoms with Gasteiger partial charge in [-0.2, -0.15) is 0 Å². The summed E-state index contributed by atoms with van der Waals surface area (Å²) in [5.41, 5.74) is 0.627. The zero-order valence-corrected chi connectivity index (χ0v) is 12.3. The highest BCUT2D eigenvalue weighted by Gasteiger charge is 2.15. The van der Waals surface area contributed by atoms with Gasteiger partial charge in [-0.15, -0.1) is 15.3 Å². The highest BCUT2D eigenvalue weighted by atomic mass is 32.2. The van der Waals surface area contributed by atoms with Crippen molar-refractivity contribution in [2.75, 3.05) is 11.1 Å². The van der Waals surface area contributed by atoms with Crippen LogP contribution < -0.4 is 5.32 Å². The van der Waals surface area contributed by atoms with Gasteiger partial charge in [0, 0.05) is 5.75 Å². The number of aromatic nitrogens is 4. The summed E-state index contributed by atoms with van der Waals surface area (Å²) in [6.45, 7) is 3.86. The van der Waals surface area contributed by atoms with Crippen LogP contribution in [0.2, 0.25) is 0 Å². The van der Waals surface area contributed by atoms with E-state index in [4.69, 9.17) is 0 Å². The van der Waals surface area contributed by atoms with E-state index in [9.17, 15) is 4.79 Å². The largest absolute Gasteiger partial charge is 0.296 e. The minimum Gasteiger partial charge on any atom is -0.296 e. The number of carbonyl (C=O) groups excluding carboxylic acids is 1. The molecule has 2 aromatic rings. The summed E-state index contributed by atoms with van der Waals surface area (Å²) in [4.78, 5) is 12.4. The average Bonchev–Trinajstić information content (AvgIpc) is 2.95. The summed E-state index contributed by atoms with van der Waals surface area (Å²) in [6, 6.07) is 0. The molecule has 9 heteroatoms. The molecule has 0 radical (unpaired) electrons. The van der Waals surface area contributed by atoms with Crippen LogP contribution in [0, 0.1) is 6.92 Å². The molecule has 0 saturated carbocycles. The van der Waals surface area contributed by atoms with Crippen LogP contribution in [0.5, 0.6) is 0 Å². The highest BCUT2D eigenvalue weighted by molar-refractivity contribution is 8.01. The number of hydrogen-bond donors (Lipinski definition) is 1. The zero-order valence-electron chi connectivity index (χ0n) is 9.84. The molecule has 2 heterocycles. The Balaban J connectivity index is 1.99. The average molecular weight is 301 g/mol. The Labute approximate surface area is 116 Å². The number of carbonyl (C=O) groups is 1. The molecule has 0 spiro atoms. The van der Waals surface area contributed by atoms with Crippen LogP contribution in [0.1, 0.15) is 28.7 Å². The lowest BCUT2D eigenvalue weighted by atomic mass is 10.4. The quantitative estimate of drug-likeness (QED) is 0.675. The number of thioether (sulfide) groups is 1. The Bertz CT molecular complexity index is 538. The van der Waals surface area contributed by atoms with E-state index in [1.165, 1.54) is 11.3 Å². The molecular formula is C9H11N5OS3. The Hall–Kier alpha value is -1.06. The molecule has 96 valence electrons. The minimum absolute atomic E-state index is 0.231. The third-order valence-corrected chi connectivity index (χ3v) is 4.92. The Morgan fingerprint density at radius 3 is 2.89 bits per heavy atom. The predicted octanol–water partition coefficient (Wildman–Crippen LogP) is 2.45. The molecule has 2 rings (SSSR count). The summed E-state index contributed by atoms with van der Waals surface area (Å²) in [7, 11) is 0. The van der Waals surface area contributed by atoms with Gasteiger partial charge in [-0.1, -0.05) is 34.5 Å². The van der Waals surface area contributed by atoms with Crippen LogP contribution >= 0.6 is 34.6 Å². The third-order valence-electron chi connectivity index (χ3n) is 1.91. The normalized spacial score (nSPS) is 10.6. The smallest absolute Gasteiger partial charge is 0.271 e. The maximum Gasteiger partial charge on any atom is 0.271 e. The van der Waals surface area contributed by atoms with Crippen molar-refractivity contribution in [1.82, 2.24) is 19.8 Å². The first-order valence-corrected chi connectivity index (χ1v) is 7.85. The molecule has 1 N–H and O–H groups in total. The summed E-state index contributed by atoms with van der Waals surface area (Å²) in [5, 5.41) is 14.9. The molecule has 0 unspecified atom stereocenters. The molecule has 0 saturated heterocycles. The first kappa shape index (κ1) is 13.4. The first-order valence-electron chi connectivity index (χ1n) is 5.27. The number of anilines is 1. The van der Waals surface area contributed by atoms with Crippen molar-refractivity contribution in [2.45, 2.75) is 24.6 Å². The fourth-order valence-electron chi connectivity index (χ4n) is 1.10. The van der Waals surface area contributed by atoms with Crippen molar-refractivity contribution in [1.29, 1.82) is 0 Å². The van der Waals surface area contributed by atoms with E-state index in [1.807, 2.05) is 0 Å². The summed E-state index contributed by atoms with van der Waals surface area (Å²) in [6.07, 6.45) is 1.08. The van der Waals surface area contributed by atoms with E-state index in [0.29, 0.717) is 15.7 Å². The molecule has 0 atom stereocenters. The van der Waals surface area contributed by atoms with E-state index in [1.54, 1.807) is 18.7 Å². The number of rotatable bonds is 5. The monoisotopic (exact) mass is 301 g/mol. The molecular weight excluding hydrogens is 290 g/mol. The van der Waals surface area contributed by atoms with E-state index in [-0.39, 0.29) is 5.91 Å². The number of aryl methyl sites for hydroxylation is 1. The fraction of sp³-hybridized carbons (Fsp3) is 0.444. The SMILES string of the molecule is CCCSc1nnc(NC(=O)c2snnc2C)s1. The van der Waals surface area contributed by atoms with Crippen LogP contribution in [0.3, 0.4) is 0 Å². The third kappa shape index (κ3) is 3.24. The summed E-state index contributed by atoms with van der Waals surface area (Å²) < 4.78 is 4.59. The van der Waals surface area contributed by atoms with Crippen molar-refractivity contribution in [3.8, 4) is 0 Å². The van der Waals surface area contributed by atoms with Crippen molar-refractivity contribution in [3.05, 3.63) is 10.6 Å². The first-order chi connectivity index (χ1) is 8.70. The van der Waals surface area contributed by atoms with Crippen LogP contribution in [0.15, 0.2) is 4.34 Å². The van der Waals surface area contributed by atoms with Gasteiger partial charge in [0.05, 0.1) is 5.69 Å². The molecule has 0 aromatic carbocycles. The number of nitrogens with one attached hydrogen (secondary N) is 1. The molecule has 1 amide bonds. The molecule has 0 bridgehead atoms. The second-order valence-electron chi connectivity index (χ2n) is 3.36. The van der Waals surface area contributed by atoms with Crippen molar-refractivity contribution in [3.63, 3.8) is 0 Å². The second kappa shape index (κ2) is 6.21. The fourth-order valence-corrected chi connectivity index (χ4v) is 3.33. The number of hydrogen-bond acceptors (Lipinski definition) is 8. The van der Waals surface area contributed by atoms with Gasteiger partial charge in [0.1, 0.15) is 4.88 Å². The molecule has 18 heavy (non-hydrogen) atoms. The van der Waals surface area contributed by atoms with Gasteiger partial charge in [0.2, 0.25) is 5.13 Å². The highest BCUT2D eigenvalue weighted by Crippen LogP contribution is 2.26. The van der Waals surface area contributed by atoms with Gasteiger partial charge in [-0.3, -0.25) is 10.1 Å². The molecule has 6 nitrogen and oxygen atoms in total. The van der Waals surface area contributed by atoms with Crippen LogP contribution in [-0.4, -0.2) is 31.4 Å². The minimum atomic E-state index is -0.231. The Morgan fingerprint density at radius 2 is 2.22 bits per heavy atom. The lowest BCUT2D eigenvalue weighted by Gasteiger charge is -1.96. The van der Waals surface area contributed by atoms with Gasteiger partial charge in [0.15, 0.2) is 4.34 Å². The topological polar surface area (TPSA) is 80.7 Å². The molecule has 0 aliphatic rings. The van der Waals surface area contributed by atoms with Gasteiger partial charge in [-0.25, -0.2) is 0 Å². The van der Waals surface area contributed by atoms with Gasteiger partial charge < -0.3 is 0 Å². The van der Waals surface area contributed by atoms with E-state index in [0.717, 1.165) is 28.0 Å². The predicted molar refractivity (Wildman–Crippen MR) is 73.5 cm³/mol. The number of nitrogens with zero attached hydrogens (tertiary/aromatic N) is 4. The molecule has 0 aliphatic carbocycles. The van der Waals surface area contributed by atoms with Crippen LogP contribution in [0.4, 0.5) is 5.13 Å². The maximum atomic E-state index is 11.9. The van der Waals surface area contributed by atoms with Crippen LogP contribution in [-0.2, 0) is 0 Å². The summed E-state index contributed by atoms with van der Waals surface area (Å²) in [5.74, 6) is 0.770. The standard InChI is InChI=1S/C9H11N5OS3/c1-3-4-16-9-13-12-8(17-9)10-7(15)6-5(2)11-14-18-6/h3-4H2,1-2H3,(H,10,12,15). The lowest BCUT2D eigenvalue weighted by molar-refractivity contribution is 0.102. The van der Waals surface area contributed by atoms with Crippen molar-refractivity contribution >= 4 is 45.7 Å². The Kier molecular flexibility index (Phi) is 4.61. The van der Waals surface area contributed by atoms with E-state index >= 15 is 0 Å². The second-order valence-corrected chi connectivity index (χ2v) is 6.44. The van der Waals surface area contributed by atoms with E-state index in [2.05, 4.69) is 32.0 Å². The zero-order chi connectivity index (χ0) is 13.0. The lowest BCUT2D eigenvalue weighted by Crippen LogP contribution is -2.11. The molecule has 0 fully saturated rings. The Morgan fingerprint density at radius 1 is 1.39 bits per heavy atom. The van der Waals surface area contributed by atoms with Gasteiger partial charge in [0.25, 0.3) is 5.91 Å². The van der Waals surface area contributed by atoms with Crippen molar-refractivity contribution < 1.29 is 4.79 Å². The molecule has 2 aromatic heterocycles. The van der Waals surface area contributed by atoms with Gasteiger partial charge >= 0.3 is 0 Å². The van der Waals surface area contributed by atoms with Crippen LogP contribution in [0.25, 0.3) is 0 Å². The maximum absolute atomic E-state index is 11.9. The summed E-state index contributed by atoms with van der Waals surface area (Å²) >= 11 is 4.09. The van der Waals surface area contributed by atoms with E-state index < -0.39 is 0 Å². The van der Waals surface area contributed by atoms with Crippen molar-refractivity contribution in [2.24, 2.45) is 0 Å². The number of amides is 1. The molecule has 0 aliphatic heterocycles. The van der Waals surface area contributed by atoms with Gasteiger partial charge in [-0.05, 0) is 24.9 Å².